The van der Waals surface area contributed by atoms with Gasteiger partial charge in [0.05, 0.1) is 6.04 Å². The van der Waals surface area contributed by atoms with Gasteiger partial charge in [0.1, 0.15) is 5.82 Å². The van der Waals surface area contributed by atoms with Crippen molar-refractivity contribution in [2.45, 2.75) is 19.4 Å². The van der Waals surface area contributed by atoms with Crippen LogP contribution in [0.25, 0.3) is 0 Å². The molecule has 2 heterocycles. The number of nitrogens with two attached hydrogens (primary N) is 1. The van der Waals surface area contributed by atoms with Crippen LogP contribution in [-0.4, -0.2) is 15.0 Å². The van der Waals surface area contributed by atoms with Gasteiger partial charge >= 0.3 is 0 Å². The summed E-state index contributed by atoms with van der Waals surface area (Å²) in [6.45, 7) is 2.03. The van der Waals surface area contributed by atoms with Crippen LogP contribution in [0.2, 0.25) is 0 Å². The van der Waals surface area contributed by atoms with Gasteiger partial charge in [0.25, 0.3) is 0 Å². The van der Waals surface area contributed by atoms with Crippen LogP contribution in [0.1, 0.15) is 23.1 Å². The molecule has 0 spiro atoms. The van der Waals surface area contributed by atoms with Crippen LogP contribution in [0.3, 0.4) is 0 Å². The van der Waals surface area contributed by atoms with Crippen molar-refractivity contribution in [2.24, 2.45) is 5.73 Å². The van der Waals surface area contributed by atoms with Crippen molar-refractivity contribution in [3.63, 3.8) is 0 Å². The Balaban J connectivity index is 2.14. The highest BCUT2D eigenvalue weighted by molar-refractivity contribution is 5.19. The molecule has 4 heteroatoms. The standard InChI is InChI=1S/C12H14N4/c1-9-4-2-5-14-11(9)8-10(13)12-15-6-3-7-16-12/h2-7,10H,8,13H2,1H3. The molecule has 0 aliphatic rings. The fourth-order valence-corrected chi connectivity index (χ4v) is 1.53. The van der Waals surface area contributed by atoms with Gasteiger partial charge in [-0.3, -0.25) is 4.98 Å². The number of aromatic nitrogens is 3. The summed E-state index contributed by atoms with van der Waals surface area (Å²) in [5.74, 6) is 0.660. The van der Waals surface area contributed by atoms with E-state index in [1.54, 1.807) is 24.7 Å². The third kappa shape index (κ3) is 2.41. The molecule has 0 bridgehead atoms. The molecule has 2 N–H and O–H groups in total. The predicted octanol–water partition coefficient (Wildman–Crippen LogP) is 1.42. The van der Waals surface area contributed by atoms with Crippen LogP contribution < -0.4 is 5.73 Å². The van der Waals surface area contributed by atoms with Gasteiger partial charge < -0.3 is 5.73 Å². The van der Waals surface area contributed by atoms with E-state index in [2.05, 4.69) is 15.0 Å². The lowest BCUT2D eigenvalue weighted by Crippen LogP contribution is -2.17. The van der Waals surface area contributed by atoms with E-state index < -0.39 is 0 Å². The van der Waals surface area contributed by atoms with E-state index in [9.17, 15) is 0 Å². The minimum absolute atomic E-state index is 0.199. The molecule has 0 aliphatic carbocycles. The summed E-state index contributed by atoms with van der Waals surface area (Å²) >= 11 is 0. The van der Waals surface area contributed by atoms with Gasteiger partial charge in [0.15, 0.2) is 0 Å². The van der Waals surface area contributed by atoms with E-state index in [0.717, 1.165) is 11.3 Å². The molecule has 0 saturated heterocycles. The van der Waals surface area contributed by atoms with Crippen molar-refractivity contribution >= 4 is 0 Å². The normalized spacial score (nSPS) is 12.4. The molecule has 0 amide bonds. The molecule has 0 saturated carbocycles. The first-order chi connectivity index (χ1) is 7.77. The van der Waals surface area contributed by atoms with Crippen LogP contribution in [0.4, 0.5) is 0 Å². The lowest BCUT2D eigenvalue weighted by molar-refractivity contribution is 0.653. The minimum Gasteiger partial charge on any atom is -0.321 e. The summed E-state index contributed by atoms with van der Waals surface area (Å²) in [4.78, 5) is 12.6. The largest absolute Gasteiger partial charge is 0.321 e. The monoisotopic (exact) mass is 214 g/mol. The summed E-state index contributed by atoms with van der Waals surface area (Å²) in [5.41, 5.74) is 8.18. The zero-order valence-corrected chi connectivity index (χ0v) is 9.17. The Kier molecular flexibility index (Phi) is 3.22. The molecule has 2 aromatic rings. The quantitative estimate of drug-likeness (QED) is 0.839. The smallest absolute Gasteiger partial charge is 0.145 e. The minimum atomic E-state index is -0.199. The zero-order chi connectivity index (χ0) is 11.4. The van der Waals surface area contributed by atoms with Crippen molar-refractivity contribution in [3.8, 4) is 0 Å². The maximum Gasteiger partial charge on any atom is 0.145 e. The highest BCUT2D eigenvalue weighted by Gasteiger charge is 2.11. The summed E-state index contributed by atoms with van der Waals surface area (Å²) in [6.07, 6.45) is 5.85. The summed E-state index contributed by atoms with van der Waals surface area (Å²) in [5, 5.41) is 0. The van der Waals surface area contributed by atoms with Crippen molar-refractivity contribution in [2.75, 3.05) is 0 Å². The first-order valence-electron chi connectivity index (χ1n) is 5.20. The van der Waals surface area contributed by atoms with Crippen LogP contribution in [0, 0.1) is 6.92 Å². The number of hydrogen-bond acceptors (Lipinski definition) is 4. The molecule has 0 radical (unpaired) electrons. The summed E-state index contributed by atoms with van der Waals surface area (Å²) < 4.78 is 0. The van der Waals surface area contributed by atoms with Gasteiger partial charge in [-0.2, -0.15) is 0 Å². The fourth-order valence-electron chi connectivity index (χ4n) is 1.53. The van der Waals surface area contributed by atoms with Gasteiger partial charge in [-0.25, -0.2) is 9.97 Å². The van der Waals surface area contributed by atoms with E-state index >= 15 is 0 Å². The third-order valence-corrected chi connectivity index (χ3v) is 2.45. The first kappa shape index (κ1) is 10.7. The van der Waals surface area contributed by atoms with Gasteiger partial charge in [-0.05, 0) is 24.6 Å². The molecule has 2 rings (SSSR count). The molecule has 2 aromatic heterocycles. The van der Waals surface area contributed by atoms with Gasteiger partial charge in [-0.1, -0.05) is 6.07 Å². The summed E-state index contributed by atoms with van der Waals surface area (Å²) in [6, 6.07) is 5.53. The maximum atomic E-state index is 6.03. The Morgan fingerprint density at radius 2 is 1.81 bits per heavy atom. The van der Waals surface area contributed by atoms with E-state index in [1.165, 1.54) is 0 Å². The van der Waals surface area contributed by atoms with Crippen LogP contribution in [0.15, 0.2) is 36.8 Å². The Bertz CT molecular complexity index is 456. The first-order valence-corrected chi connectivity index (χ1v) is 5.20. The molecule has 16 heavy (non-hydrogen) atoms. The number of hydrogen-bond donors (Lipinski definition) is 1. The second-order valence-electron chi connectivity index (χ2n) is 3.68. The van der Waals surface area contributed by atoms with Crippen LogP contribution in [-0.2, 0) is 6.42 Å². The molecule has 0 fully saturated rings. The Labute approximate surface area is 94.6 Å². The zero-order valence-electron chi connectivity index (χ0n) is 9.17. The molecule has 0 aromatic carbocycles. The predicted molar refractivity (Wildman–Crippen MR) is 61.6 cm³/mol. The Morgan fingerprint density at radius 1 is 1.12 bits per heavy atom. The van der Waals surface area contributed by atoms with Crippen LogP contribution in [0.5, 0.6) is 0 Å². The van der Waals surface area contributed by atoms with Crippen molar-refractivity contribution < 1.29 is 0 Å². The lowest BCUT2D eigenvalue weighted by Gasteiger charge is -2.10. The van der Waals surface area contributed by atoms with E-state index in [0.29, 0.717) is 12.2 Å². The summed E-state index contributed by atoms with van der Waals surface area (Å²) in [7, 11) is 0. The molecule has 1 unspecified atom stereocenters. The molecule has 1 atom stereocenters. The second-order valence-corrected chi connectivity index (χ2v) is 3.68. The number of aryl methyl sites for hydroxylation is 1. The lowest BCUT2D eigenvalue weighted by atomic mass is 10.1. The second kappa shape index (κ2) is 4.81. The third-order valence-electron chi connectivity index (χ3n) is 2.45. The Hall–Kier alpha value is -1.81. The van der Waals surface area contributed by atoms with E-state index in [1.807, 2.05) is 19.1 Å². The molecular weight excluding hydrogens is 200 g/mol. The van der Waals surface area contributed by atoms with Gasteiger partial charge in [0, 0.05) is 30.7 Å². The van der Waals surface area contributed by atoms with E-state index in [-0.39, 0.29) is 6.04 Å². The number of pyridine rings is 1. The van der Waals surface area contributed by atoms with Crippen LogP contribution >= 0.6 is 0 Å². The highest BCUT2D eigenvalue weighted by atomic mass is 14.9. The average molecular weight is 214 g/mol. The van der Waals surface area contributed by atoms with Gasteiger partial charge in [-0.15, -0.1) is 0 Å². The molecule has 0 aliphatic heterocycles. The fraction of sp³-hybridized carbons (Fsp3) is 0.250. The van der Waals surface area contributed by atoms with Crippen molar-refractivity contribution in [1.29, 1.82) is 0 Å². The van der Waals surface area contributed by atoms with Crippen molar-refractivity contribution in [1.82, 2.24) is 15.0 Å². The topological polar surface area (TPSA) is 64.7 Å². The van der Waals surface area contributed by atoms with Crippen molar-refractivity contribution in [3.05, 3.63) is 53.9 Å². The SMILES string of the molecule is Cc1cccnc1CC(N)c1ncccn1. The Morgan fingerprint density at radius 3 is 2.50 bits per heavy atom. The molecular formula is C12H14N4. The van der Waals surface area contributed by atoms with E-state index in [4.69, 9.17) is 5.73 Å². The molecule has 82 valence electrons. The number of rotatable bonds is 3. The average Bonchev–Trinajstić information content (AvgIpc) is 2.33. The maximum absolute atomic E-state index is 6.03. The highest BCUT2D eigenvalue weighted by Crippen LogP contribution is 2.12. The number of nitrogens with zero attached hydrogens (tertiary/aromatic N) is 3. The van der Waals surface area contributed by atoms with Gasteiger partial charge in [0.2, 0.25) is 0 Å². The molecule has 4 nitrogen and oxygen atoms in total.